The Morgan fingerprint density at radius 1 is 0.947 bits per heavy atom. The minimum Gasteiger partial charge on any atom is -0.497 e. The molecule has 0 bridgehead atoms. The van der Waals surface area contributed by atoms with Crippen LogP contribution in [0.15, 0.2) is 91.0 Å². The van der Waals surface area contributed by atoms with Crippen LogP contribution in [0.3, 0.4) is 0 Å². The number of anilines is 1. The van der Waals surface area contributed by atoms with Crippen LogP contribution in [0.1, 0.15) is 39.0 Å². The van der Waals surface area contributed by atoms with Gasteiger partial charge < -0.3 is 15.0 Å². The Labute approximate surface area is 223 Å². The number of carbonyl (C=O) groups excluding carboxylic acids is 2. The predicted octanol–water partition coefficient (Wildman–Crippen LogP) is 6.75. The van der Waals surface area contributed by atoms with Crippen molar-refractivity contribution in [3.05, 3.63) is 130 Å². The summed E-state index contributed by atoms with van der Waals surface area (Å²) in [5, 5.41) is 2.89. The van der Waals surface area contributed by atoms with Gasteiger partial charge >= 0.3 is 0 Å². The van der Waals surface area contributed by atoms with Crippen LogP contribution in [0.4, 0.5) is 14.5 Å². The smallest absolute Gasteiger partial charge is 0.255 e. The van der Waals surface area contributed by atoms with Crippen LogP contribution in [-0.2, 0) is 11.3 Å². The Morgan fingerprint density at radius 3 is 2.32 bits per heavy atom. The summed E-state index contributed by atoms with van der Waals surface area (Å²) in [6.07, 6.45) is 0. The number of nitrogens with one attached hydrogen (secondary N) is 1. The summed E-state index contributed by atoms with van der Waals surface area (Å²) in [7, 11) is 1.55. The van der Waals surface area contributed by atoms with Gasteiger partial charge in [0.15, 0.2) is 0 Å². The lowest BCUT2D eigenvalue weighted by atomic mass is 9.79. The highest BCUT2D eigenvalue weighted by Crippen LogP contribution is 2.44. The van der Waals surface area contributed by atoms with Crippen LogP contribution in [0.5, 0.6) is 5.75 Å². The zero-order valence-electron chi connectivity index (χ0n) is 20.3. The SMILES string of the molecule is COc1ccc([C@H]2[C@H](C(=O)Nc3ccc(F)cc3Cl)c3ccccc3C(=O)N2Cc2ccc(F)cc2)cc1. The van der Waals surface area contributed by atoms with Crippen molar-refractivity contribution in [1.29, 1.82) is 0 Å². The van der Waals surface area contributed by atoms with Crippen molar-refractivity contribution in [2.75, 3.05) is 12.4 Å². The molecule has 4 aromatic rings. The quantitative estimate of drug-likeness (QED) is 0.299. The van der Waals surface area contributed by atoms with E-state index in [1.165, 1.54) is 24.3 Å². The van der Waals surface area contributed by atoms with Gasteiger partial charge in [-0.3, -0.25) is 9.59 Å². The first kappa shape index (κ1) is 25.4. The number of fused-ring (bicyclic) bond motifs is 1. The maximum absolute atomic E-state index is 13.9. The van der Waals surface area contributed by atoms with Crippen molar-refractivity contribution in [1.82, 2.24) is 4.90 Å². The molecule has 1 aliphatic rings. The van der Waals surface area contributed by atoms with Crippen LogP contribution in [-0.4, -0.2) is 23.8 Å². The molecule has 8 heteroatoms. The second-order valence-corrected chi connectivity index (χ2v) is 9.36. The molecule has 4 aromatic carbocycles. The van der Waals surface area contributed by atoms with E-state index in [1.807, 2.05) is 12.1 Å². The van der Waals surface area contributed by atoms with Crippen molar-refractivity contribution >= 4 is 29.1 Å². The van der Waals surface area contributed by atoms with E-state index in [9.17, 15) is 18.4 Å². The summed E-state index contributed by atoms with van der Waals surface area (Å²) in [5.74, 6) is -1.79. The third-order valence-electron chi connectivity index (χ3n) is 6.63. The zero-order chi connectivity index (χ0) is 26.8. The molecule has 1 aliphatic heterocycles. The van der Waals surface area contributed by atoms with Gasteiger partial charge in [-0.05, 0) is 65.2 Å². The maximum Gasteiger partial charge on any atom is 0.255 e. The number of amides is 2. The standard InChI is InChI=1S/C30H23ClF2N2O3/c1-38-22-13-8-19(9-14-22)28-27(29(36)34-26-15-12-21(33)16-25(26)31)23-4-2-3-5-24(23)30(37)35(28)17-18-6-10-20(32)11-7-18/h2-16,27-28H,17H2,1H3,(H,34,36)/t27-,28+/m1/s1. The molecule has 1 N–H and O–H groups in total. The Hall–Kier alpha value is -4.23. The number of halogens is 3. The molecule has 38 heavy (non-hydrogen) atoms. The summed E-state index contributed by atoms with van der Waals surface area (Å²) in [4.78, 5) is 29.4. The number of hydrogen-bond donors (Lipinski definition) is 1. The van der Waals surface area contributed by atoms with Crippen molar-refractivity contribution < 1.29 is 23.1 Å². The summed E-state index contributed by atoms with van der Waals surface area (Å²) < 4.78 is 32.5. The molecule has 0 fully saturated rings. The molecule has 5 nitrogen and oxygen atoms in total. The number of carbonyl (C=O) groups is 2. The molecule has 0 saturated heterocycles. The topological polar surface area (TPSA) is 58.6 Å². The van der Waals surface area contributed by atoms with Crippen molar-refractivity contribution in [3.8, 4) is 5.75 Å². The van der Waals surface area contributed by atoms with Gasteiger partial charge in [-0.15, -0.1) is 0 Å². The van der Waals surface area contributed by atoms with Crippen molar-refractivity contribution in [3.63, 3.8) is 0 Å². The fraction of sp³-hybridized carbons (Fsp3) is 0.133. The van der Waals surface area contributed by atoms with Gasteiger partial charge in [0.2, 0.25) is 5.91 Å². The van der Waals surface area contributed by atoms with Gasteiger partial charge in [0.25, 0.3) is 5.91 Å². The van der Waals surface area contributed by atoms with Crippen LogP contribution in [0, 0.1) is 11.6 Å². The number of benzene rings is 4. The average Bonchev–Trinajstić information content (AvgIpc) is 2.93. The Morgan fingerprint density at radius 2 is 1.63 bits per heavy atom. The van der Waals surface area contributed by atoms with Crippen LogP contribution in [0.2, 0.25) is 5.02 Å². The fourth-order valence-corrected chi connectivity index (χ4v) is 5.02. The molecule has 0 saturated carbocycles. The number of hydrogen-bond acceptors (Lipinski definition) is 3. The van der Waals surface area contributed by atoms with Crippen LogP contribution in [0.25, 0.3) is 0 Å². The highest BCUT2D eigenvalue weighted by Gasteiger charge is 2.44. The number of ether oxygens (including phenoxy) is 1. The summed E-state index contributed by atoms with van der Waals surface area (Å²) in [6.45, 7) is 0.144. The highest BCUT2D eigenvalue weighted by molar-refractivity contribution is 6.33. The van der Waals surface area contributed by atoms with Crippen LogP contribution >= 0.6 is 11.6 Å². The largest absolute Gasteiger partial charge is 0.497 e. The minimum absolute atomic E-state index is 0.0580. The number of nitrogens with zero attached hydrogens (tertiary/aromatic N) is 1. The number of methoxy groups -OCH3 is 1. The van der Waals surface area contributed by atoms with E-state index in [2.05, 4.69) is 5.32 Å². The Kier molecular flexibility index (Phi) is 7.11. The first-order valence-electron chi connectivity index (χ1n) is 11.9. The van der Waals surface area contributed by atoms with Gasteiger partial charge in [0, 0.05) is 12.1 Å². The third-order valence-corrected chi connectivity index (χ3v) is 6.95. The van der Waals surface area contributed by atoms with Crippen molar-refractivity contribution in [2.24, 2.45) is 0 Å². The van der Waals surface area contributed by atoms with E-state index in [0.29, 0.717) is 28.0 Å². The van der Waals surface area contributed by atoms with Gasteiger partial charge in [-0.25, -0.2) is 8.78 Å². The molecular weight excluding hydrogens is 510 g/mol. The summed E-state index contributed by atoms with van der Waals surface area (Å²) in [5.41, 5.74) is 2.62. The lowest BCUT2D eigenvalue weighted by Crippen LogP contribution is -2.45. The first-order chi connectivity index (χ1) is 18.4. The van der Waals surface area contributed by atoms with E-state index >= 15 is 0 Å². The van der Waals surface area contributed by atoms with E-state index in [1.54, 1.807) is 60.5 Å². The first-order valence-corrected chi connectivity index (χ1v) is 12.3. The average molecular weight is 533 g/mol. The summed E-state index contributed by atoms with van der Waals surface area (Å²) in [6, 6.07) is 23.0. The van der Waals surface area contributed by atoms with Gasteiger partial charge in [-0.1, -0.05) is 54.1 Å². The molecule has 0 radical (unpaired) electrons. The monoisotopic (exact) mass is 532 g/mol. The maximum atomic E-state index is 13.9. The minimum atomic E-state index is -0.834. The third kappa shape index (κ3) is 4.97. The predicted molar refractivity (Wildman–Crippen MR) is 141 cm³/mol. The summed E-state index contributed by atoms with van der Waals surface area (Å²) >= 11 is 6.21. The molecule has 5 rings (SSSR count). The van der Waals surface area contributed by atoms with Crippen LogP contribution < -0.4 is 10.1 Å². The molecule has 2 amide bonds. The van der Waals surface area contributed by atoms with E-state index < -0.39 is 23.7 Å². The molecule has 0 aliphatic carbocycles. The second-order valence-electron chi connectivity index (χ2n) is 8.96. The Balaban J connectivity index is 1.64. The zero-order valence-corrected chi connectivity index (χ0v) is 21.1. The van der Waals surface area contributed by atoms with E-state index in [0.717, 1.165) is 6.07 Å². The molecule has 1 heterocycles. The van der Waals surface area contributed by atoms with E-state index in [4.69, 9.17) is 16.3 Å². The normalized spacial score (nSPS) is 16.6. The lowest BCUT2D eigenvalue weighted by Gasteiger charge is -2.42. The van der Waals surface area contributed by atoms with E-state index in [-0.39, 0.29) is 29.0 Å². The molecule has 0 spiro atoms. The highest BCUT2D eigenvalue weighted by atomic mass is 35.5. The second kappa shape index (κ2) is 10.6. The van der Waals surface area contributed by atoms with Gasteiger partial charge in [0.1, 0.15) is 17.4 Å². The molecule has 0 unspecified atom stereocenters. The molecular formula is C30H23ClF2N2O3. The molecule has 0 aromatic heterocycles. The molecule has 192 valence electrons. The lowest BCUT2D eigenvalue weighted by molar-refractivity contribution is -0.119. The number of rotatable bonds is 6. The van der Waals surface area contributed by atoms with Gasteiger partial charge in [0.05, 0.1) is 29.8 Å². The van der Waals surface area contributed by atoms with Crippen molar-refractivity contribution in [2.45, 2.75) is 18.5 Å². The fourth-order valence-electron chi connectivity index (χ4n) is 4.81. The molecule has 2 atom stereocenters. The Bertz CT molecular complexity index is 1490. The van der Waals surface area contributed by atoms with Gasteiger partial charge in [-0.2, -0.15) is 0 Å².